The van der Waals surface area contributed by atoms with Crippen LogP contribution in [-0.2, 0) is 9.59 Å². The molecule has 1 unspecified atom stereocenters. The molecule has 1 atom stereocenters. The van der Waals surface area contributed by atoms with Gasteiger partial charge in [0.25, 0.3) is 11.7 Å². The highest BCUT2D eigenvalue weighted by atomic mass is 16.5. The van der Waals surface area contributed by atoms with Crippen LogP contribution in [0.2, 0.25) is 0 Å². The number of benzene rings is 3. The number of amides is 1. The Morgan fingerprint density at radius 2 is 1.45 bits per heavy atom. The first-order chi connectivity index (χ1) is 18.2. The molecule has 0 saturated carbocycles. The van der Waals surface area contributed by atoms with Crippen molar-refractivity contribution in [3.8, 4) is 17.2 Å². The molecule has 1 aliphatic rings. The van der Waals surface area contributed by atoms with Gasteiger partial charge in [-0.3, -0.25) is 14.5 Å². The van der Waals surface area contributed by atoms with E-state index in [0.29, 0.717) is 40.7 Å². The molecule has 7 nitrogen and oxygen atoms in total. The van der Waals surface area contributed by atoms with E-state index in [-0.39, 0.29) is 23.5 Å². The largest absolute Gasteiger partial charge is 0.507 e. The number of rotatable bonds is 9. The summed E-state index contributed by atoms with van der Waals surface area (Å²) in [6.07, 6.45) is -0.132. The molecule has 3 aromatic rings. The van der Waals surface area contributed by atoms with Crippen LogP contribution in [0.25, 0.3) is 5.76 Å². The summed E-state index contributed by atoms with van der Waals surface area (Å²) >= 11 is 0. The highest BCUT2D eigenvalue weighted by molar-refractivity contribution is 6.51. The summed E-state index contributed by atoms with van der Waals surface area (Å²) in [4.78, 5) is 28.4. The van der Waals surface area contributed by atoms with Gasteiger partial charge in [0.05, 0.1) is 30.4 Å². The second kappa shape index (κ2) is 11.4. The Morgan fingerprint density at radius 1 is 0.842 bits per heavy atom. The molecule has 1 amide bonds. The Hall–Kier alpha value is -4.26. The molecule has 0 radical (unpaired) electrons. The molecule has 38 heavy (non-hydrogen) atoms. The number of hydrogen-bond acceptors (Lipinski definition) is 6. The minimum absolute atomic E-state index is 0.00715. The lowest BCUT2D eigenvalue weighted by atomic mass is 9.95. The van der Waals surface area contributed by atoms with Crippen LogP contribution >= 0.6 is 0 Å². The summed E-state index contributed by atoms with van der Waals surface area (Å²) in [6.45, 7) is 10.0. The maximum absolute atomic E-state index is 13.5. The van der Waals surface area contributed by atoms with Gasteiger partial charge in [0.2, 0.25) is 0 Å². The van der Waals surface area contributed by atoms with E-state index in [4.69, 9.17) is 14.2 Å². The number of anilines is 1. The Labute approximate surface area is 223 Å². The highest BCUT2D eigenvalue weighted by Gasteiger charge is 2.47. The van der Waals surface area contributed by atoms with Crippen molar-refractivity contribution >= 4 is 23.1 Å². The van der Waals surface area contributed by atoms with Crippen molar-refractivity contribution in [3.05, 3.63) is 89.5 Å². The number of nitrogens with zero attached hydrogens (tertiary/aromatic N) is 1. The van der Waals surface area contributed by atoms with Gasteiger partial charge in [-0.2, -0.15) is 0 Å². The van der Waals surface area contributed by atoms with Crippen LogP contribution in [-0.4, -0.2) is 35.6 Å². The number of Topliss-reactive ketones (excluding diaryl/α,β-unsaturated/α-hetero) is 1. The van der Waals surface area contributed by atoms with Crippen molar-refractivity contribution in [2.75, 3.05) is 11.5 Å². The van der Waals surface area contributed by atoms with Gasteiger partial charge in [-0.15, -0.1) is 0 Å². The number of aliphatic hydroxyl groups excluding tert-OH is 1. The maximum atomic E-state index is 13.5. The average Bonchev–Trinajstić information content (AvgIpc) is 3.14. The van der Waals surface area contributed by atoms with Gasteiger partial charge in [-0.1, -0.05) is 24.3 Å². The Morgan fingerprint density at radius 3 is 2.05 bits per heavy atom. The van der Waals surface area contributed by atoms with Gasteiger partial charge in [0, 0.05) is 11.3 Å². The molecule has 0 aliphatic carbocycles. The normalized spacial score (nSPS) is 16.8. The summed E-state index contributed by atoms with van der Waals surface area (Å²) in [6, 6.07) is 20.2. The molecule has 3 aromatic carbocycles. The first-order valence-electron chi connectivity index (χ1n) is 12.8. The molecule has 1 saturated heterocycles. The van der Waals surface area contributed by atoms with E-state index in [2.05, 4.69) is 0 Å². The molecule has 1 aliphatic heterocycles. The van der Waals surface area contributed by atoms with Crippen LogP contribution in [0.3, 0.4) is 0 Å². The summed E-state index contributed by atoms with van der Waals surface area (Å²) in [7, 11) is 0. The molecule has 1 fully saturated rings. The van der Waals surface area contributed by atoms with Crippen LogP contribution in [0.4, 0.5) is 5.69 Å². The molecule has 1 heterocycles. The van der Waals surface area contributed by atoms with E-state index in [1.165, 1.54) is 4.90 Å². The molecular weight excluding hydrogens is 482 g/mol. The quantitative estimate of drug-likeness (QED) is 0.205. The van der Waals surface area contributed by atoms with E-state index in [9.17, 15) is 14.7 Å². The van der Waals surface area contributed by atoms with Crippen LogP contribution < -0.4 is 19.1 Å². The van der Waals surface area contributed by atoms with Gasteiger partial charge in [-0.05, 0) is 88.7 Å². The van der Waals surface area contributed by atoms with Gasteiger partial charge < -0.3 is 19.3 Å². The summed E-state index contributed by atoms with van der Waals surface area (Å²) in [5.41, 5.74) is 1.51. The lowest BCUT2D eigenvalue weighted by Crippen LogP contribution is -2.29. The predicted octanol–water partition coefficient (Wildman–Crippen LogP) is 6.29. The predicted molar refractivity (Wildman–Crippen MR) is 147 cm³/mol. The zero-order valence-corrected chi connectivity index (χ0v) is 22.3. The molecule has 0 aromatic heterocycles. The van der Waals surface area contributed by atoms with Crippen molar-refractivity contribution in [2.24, 2.45) is 0 Å². The van der Waals surface area contributed by atoms with Crippen LogP contribution in [0.15, 0.2) is 78.4 Å². The molecule has 0 spiro atoms. The zero-order valence-electron chi connectivity index (χ0n) is 22.3. The smallest absolute Gasteiger partial charge is 0.300 e. The molecule has 198 valence electrons. The Balaban J connectivity index is 1.88. The van der Waals surface area contributed by atoms with E-state index >= 15 is 0 Å². The first kappa shape index (κ1) is 26.8. The zero-order chi connectivity index (χ0) is 27.4. The van der Waals surface area contributed by atoms with Gasteiger partial charge in [0.15, 0.2) is 0 Å². The Bertz CT molecular complexity index is 1340. The van der Waals surface area contributed by atoms with Crippen molar-refractivity contribution in [1.82, 2.24) is 0 Å². The lowest BCUT2D eigenvalue weighted by Gasteiger charge is -2.26. The van der Waals surface area contributed by atoms with Gasteiger partial charge in [0.1, 0.15) is 23.0 Å². The van der Waals surface area contributed by atoms with Crippen LogP contribution in [0.5, 0.6) is 17.2 Å². The summed E-state index contributed by atoms with van der Waals surface area (Å²) in [5, 5.41) is 11.5. The number of carbonyl (C=O) groups is 2. The fourth-order valence-corrected chi connectivity index (χ4v) is 4.46. The number of aliphatic hydroxyl groups is 1. The van der Waals surface area contributed by atoms with E-state index in [0.717, 1.165) is 0 Å². The molecule has 1 N–H and O–H groups in total. The fourth-order valence-electron chi connectivity index (χ4n) is 4.46. The maximum Gasteiger partial charge on any atom is 0.300 e. The Kier molecular flexibility index (Phi) is 8.05. The summed E-state index contributed by atoms with van der Waals surface area (Å²) in [5.74, 6) is 0.0258. The van der Waals surface area contributed by atoms with Gasteiger partial charge in [-0.25, -0.2) is 0 Å². The van der Waals surface area contributed by atoms with Crippen molar-refractivity contribution < 1.29 is 28.9 Å². The van der Waals surface area contributed by atoms with E-state index in [1.807, 2.05) is 52.8 Å². The van der Waals surface area contributed by atoms with E-state index in [1.54, 1.807) is 54.6 Å². The second-order valence-electron chi connectivity index (χ2n) is 9.53. The third-order valence-electron chi connectivity index (χ3n) is 5.90. The first-order valence-corrected chi connectivity index (χ1v) is 12.8. The fraction of sp³-hybridized carbons (Fsp3) is 0.290. The van der Waals surface area contributed by atoms with Crippen molar-refractivity contribution in [3.63, 3.8) is 0 Å². The lowest BCUT2D eigenvalue weighted by molar-refractivity contribution is -0.132. The number of ether oxygens (including phenoxy) is 3. The van der Waals surface area contributed by atoms with Crippen molar-refractivity contribution in [1.29, 1.82) is 0 Å². The molecule has 7 heteroatoms. The minimum atomic E-state index is -0.877. The second-order valence-corrected chi connectivity index (χ2v) is 9.53. The summed E-state index contributed by atoms with van der Waals surface area (Å²) < 4.78 is 17.2. The number of ketones is 1. The van der Waals surface area contributed by atoms with Crippen LogP contribution in [0, 0.1) is 0 Å². The molecular formula is C31H33NO6. The average molecular weight is 516 g/mol. The standard InChI is InChI=1S/C31H33NO6/c1-6-36-24-15-13-23(14-16-24)32-28(21-9-7-11-25(17-21)37-19(2)3)27(30(34)31(32)35)29(33)22-10-8-12-26(18-22)38-20(4)5/h7-20,28,33H,6H2,1-5H3/b29-27-. The third kappa shape index (κ3) is 5.67. The third-order valence-corrected chi connectivity index (χ3v) is 5.90. The minimum Gasteiger partial charge on any atom is -0.507 e. The molecule has 4 rings (SSSR count). The number of carbonyl (C=O) groups excluding carboxylic acids is 2. The molecule has 0 bridgehead atoms. The number of hydrogen-bond donors (Lipinski definition) is 1. The van der Waals surface area contributed by atoms with Gasteiger partial charge >= 0.3 is 0 Å². The van der Waals surface area contributed by atoms with Crippen molar-refractivity contribution in [2.45, 2.75) is 52.9 Å². The topological polar surface area (TPSA) is 85.3 Å². The van der Waals surface area contributed by atoms with E-state index < -0.39 is 17.7 Å². The van der Waals surface area contributed by atoms with Crippen LogP contribution in [0.1, 0.15) is 51.8 Å². The monoisotopic (exact) mass is 515 g/mol. The highest BCUT2D eigenvalue weighted by Crippen LogP contribution is 2.43. The SMILES string of the molecule is CCOc1ccc(N2C(=O)C(=O)/C(=C(\O)c3cccc(OC(C)C)c3)C2c2cccc(OC(C)C)c2)cc1.